The molecule has 1 aromatic carbocycles. The van der Waals surface area contributed by atoms with Crippen molar-refractivity contribution in [2.75, 3.05) is 0 Å². The minimum absolute atomic E-state index is 0.0496. The summed E-state index contributed by atoms with van der Waals surface area (Å²) < 4.78 is 0. The third-order valence-corrected chi connectivity index (χ3v) is 3.69. The lowest BCUT2D eigenvalue weighted by Gasteiger charge is -2.20. The van der Waals surface area contributed by atoms with Crippen LogP contribution in [0, 0.1) is 5.92 Å². The molecular formula is C17H20N2O2. The Bertz CT molecular complexity index is 603. The Morgan fingerprint density at radius 1 is 1.48 bits per heavy atom. The molecule has 0 spiro atoms. The number of nitrogens with zero attached hydrogens (tertiary/aromatic N) is 1. The molecule has 2 N–H and O–H groups in total. The molecule has 1 atom stereocenters. The summed E-state index contributed by atoms with van der Waals surface area (Å²) in [5.74, 6) is 0.0879. The average Bonchev–Trinajstić information content (AvgIpc) is 2.48. The van der Waals surface area contributed by atoms with Gasteiger partial charge in [0.2, 0.25) is 0 Å². The van der Waals surface area contributed by atoms with Crippen LogP contribution in [0.2, 0.25) is 0 Å². The molecule has 1 aliphatic rings. The highest BCUT2D eigenvalue weighted by atomic mass is 16.3. The van der Waals surface area contributed by atoms with Crippen LogP contribution >= 0.6 is 0 Å². The van der Waals surface area contributed by atoms with Crippen LogP contribution in [0.15, 0.2) is 53.2 Å². The van der Waals surface area contributed by atoms with E-state index in [0.29, 0.717) is 5.92 Å². The number of hydrogen-bond acceptors (Lipinski definition) is 3. The number of nitrogens with one attached hydrogen (secondary N) is 1. The van der Waals surface area contributed by atoms with Gasteiger partial charge in [-0.25, -0.2) is 5.43 Å². The van der Waals surface area contributed by atoms with Gasteiger partial charge in [0.05, 0.1) is 11.8 Å². The Kier molecular flexibility index (Phi) is 4.93. The normalized spacial score (nSPS) is 18.3. The summed E-state index contributed by atoms with van der Waals surface area (Å²) in [6.45, 7) is 6.05. The fraction of sp³-hybridized carbons (Fsp3) is 0.294. The van der Waals surface area contributed by atoms with E-state index < -0.39 is 5.91 Å². The van der Waals surface area contributed by atoms with Crippen molar-refractivity contribution in [1.82, 2.24) is 5.43 Å². The van der Waals surface area contributed by atoms with Gasteiger partial charge >= 0.3 is 0 Å². The summed E-state index contributed by atoms with van der Waals surface area (Å²) in [5.41, 5.74) is 4.98. The number of carbonyl (C=O) groups is 1. The number of amides is 1. The van der Waals surface area contributed by atoms with Crippen LogP contribution in [-0.2, 0) is 0 Å². The van der Waals surface area contributed by atoms with E-state index in [4.69, 9.17) is 0 Å². The second kappa shape index (κ2) is 6.88. The zero-order chi connectivity index (χ0) is 15.2. The maximum Gasteiger partial charge on any atom is 0.275 e. The lowest BCUT2D eigenvalue weighted by molar-refractivity contribution is 0.0952. The van der Waals surface area contributed by atoms with Crippen LogP contribution in [0.25, 0.3) is 0 Å². The molecule has 0 aliphatic heterocycles. The number of aromatic hydroxyl groups is 1. The molecule has 0 heterocycles. The lowest BCUT2D eigenvalue weighted by atomic mass is 9.86. The zero-order valence-corrected chi connectivity index (χ0v) is 12.2. The number of hydrazone groups is 1. The maximum absolute atomic E-state index is 11.8. The van der Waals surface area contributed by atoms with Gasteiger partial charge in [0.25, 0.3) is 5.91 Å². The molecule has 0 saturated heterocycles. The third-order valence-electron chi connectivity index (χ3n) is 3.69. The molecule has 1 aliphatic carbocycles. The molecule has 1 amide bonds. The van der Waals surface area contributed by atoms with Crippen LogP contribution < -0.4 is 5.43 Å². The highest BCUT2D eigenvalue weighted by Gasteiger charge is 2.14. The molecule has 4 nitrogen and oxygen atoms in total. The zero-order valence-electron chi connectivity index (χ0n) is 12.2. The first-order chi connectivity index (χ1) is 10.1. The van der Waals surface area contributed by atoms with Crippen LogP contribution in [0.5, 0.6) is 5.75 Å². The SMILES string of the molecule is C=C(C)[C@@H]1CC=C(/C=N/NC(=O)c2ccccc2O)CC1. The molecule has 4 heteroatoms. The van der Waals surface area contributed by atoms with E-state index in [1.807, 2.05) is 0 Å². The molecule has 2 rings (SSSR count). The number of benzene rings is 1. The van der Waals surface area contributed by atoms with Gasteiger partial charge in [0.1, 0.15) is 5.75 Å². The van der Waals surface area contributed by atoms with Gasteiger partial charge in [-0.1, -0.05) is 30.4 Å². The first kappa shape index (κ1) is 15.0. The Labute approximate surface area is 124 Å². The number of hydrogen-bond donors (Lipinski definition) is 2. The van der Waals surface area contributed by atoms with Crippen LogP contribution in [0.3, 0.4) is 0 Å². The molecule has 0 fully saturated rings. The number of phenolic OH excluding ortho intramolecular Hbond substituents is 1. The van der Waals surface area contributed by atoms with Gasteiger partial charge in [0.15, 0.2) is 0 Å². The molecule has 0 unspecified atom stereocenters. The highest BCUT2D eigenvalue weighted by molar-refractivity contribution is 5.97. The minimum atomic E-state index is -0.416. The molecule has 110 valence electrons. The first-order valence-electron chi connectivity index (χ1n) is 7.03. The summed E-state index contributed by atoms with van der Waals surface area (Å²) in [4.78, 5) is 11.8. The van der Waals surface area contributed by atoms with Gasteiger partial charge in [-0.05, 0) is 49.8 Å². The number of rotatable bonds is 4. The predicted octanol–water partition coefficient (Wildman–Crippen LogP) is 3.41. The van der Waals surface area contributed by atoms with Crippen LogP contribution in [0.1, 0.15) is 36.5 Å². The highest BCUT2D eigenvalue weighted by Crippen LogP contribution is 2.27. The lowest BCUT2D eigenvalue weighted by Crippen LogP contribution is -2.18. The van der Waals surface area contributed by atoms with Gasteiger partial charge in [-0.2, -0.15) is 5.10 Å². The number of phenols is 1. The van der Waals surface area contributed by atoms with E-state index in [9.17, 15) is 9.90 Å². The van der Waals surface area contributed by atoms with E-state index >= 15 is 0 Å². The Balaban J connectivity index is 1.90. The Morgan fingerprint density at radius 3 is 2.86 bits per heavy atom. The van der Waals surface area contributed by atoms with Gasteiger partial charge in [-0.15, -0.1) is 0 Å². The van der Waals surface area contributed by atoms with Crippen molar-refractivity contribution in [2.45, 2.75) is 26.2 Å². The minimum Gasteiger partial charge on any atom is -0.507 e. The quantitative estimate of drug-likeness (QED) is 0.505. The molecule has 0 saturated carbocycles. The van der Waals surface area contributed by atoms with Gasteiger partial charge in [0, 0.05) is 0 Å². The number of allylic oxidation sites excluding steroid dienone is 3. The number of carbonyl (C=O) groups excluding carboxylic acids is 1. The maximum atomic E-state index is 11.8. The summed E-state index contributed by atoms with van der Waals surface area (Å²) in [7, 11) is 0. The molecule has 0 radical (unpaired) electrons. The van der Waals surface area contributed by atoms with E-state index in [-0.39, 0.29) is 11.3 Å². The van der Waals surface area contributed by atoms with Gasteiger partial charge in [-0.3, -0.25) is 4.79 Å². The fourth-order valence-electron chi connectivity index (χ4n) is 2.32. The van der Waals surface area contributed by atoms with Crippen molar-refractivity contribution in [3.8, 4) is 5.75 Å². The van der Waals surface area contributed by atoms with E-state index in [0.717, 1.165) is 24.8 Å². The summed E-state index contributed by atoms with van der Waals surface area (Å²) in [6, 6.07) is 6.39. The average molecular weight is 284 g/mol. The van der Waals surface area contributed by atoms with Crippen molar-refractivity contribution < 1.29 is 9.90 Å². The molecule has 0 bridgehead atoms. The van der Waals surface area contributed by atoms with Crippen molar-refractivity contribution in [3.63, 3.8) is 0 Å². The third kappa shape index (κ3) is 4.05. The topological polar surface area (TPSA) is 61.7 Å². The Morgan fingerprint density at radius 2 is 2.24 bits per heavy atom. The molecule has 1 aromatic rings. The predicted molar refractivity (Wildman–Crippen MR) is 84.3 cm³/mol. The van der Waals surface area contributed by atoms with Crippen LogP contribution in [-0.4, -0.2) is 17.2 Å². The van der Waals surface area contributed by atoms with E-state index in [1.165, 1.54) is 11.6 Å². The fourth-order valence-corrected chi connectivity index (χ4v) is 2.32. The Hall–Kier alpha value is -2.36. The van der Waals surface area contributed by atoms with Crippen molar-refractivity contribution in [2.24, 2.45) is 11.0 Å². The van der Waals surface area contributed by atoms with E-state index in [2.05, 4.69) is 30.1 Å². The second-order valence-corrected chi connectivity index (χ2v) is 5.31. The van der Waals surface area contributed by atoms with Crippen molar-refractivity contribution in [1.29, 1.82) is 0 Å². The summed E-state index contributed by atoms with van der Waals surface area (Å²) in [5, 5.41) is 13.5. The number of para-hydroxylation sites is 1. The summed E-state index contributed by atoms with van der Waals surface area (Å²) in [6.07, 6.45) is 6.79. The molecule has 21 heavy (non-hydrogen) atoms. The van der Waals surface area contributed by atoms with Crippen molar-refractivity contribution in [3.05, 3.63) is 53.6 Å². The second-order valence-electron chi connectivity index (χ2n) is 5.31. The van der Waals surface area contributed by atoms with Crippen molar-refractivity contribution >= 4 is 12.1 Å². The summed E-state index contributed by atoms with van der Waals surface area (Å²) >= 11 is 0. The van der Waals surface area contributed by atoms with E-state index in [1.54, 1.807) is 24.4 Å². The first-order valence-corrected chi connectivity index (χ1v) is 7.03. The van der Waals surface area contributed by atoms with Crippen LogP contribution in [0.4, 0.5) is 0 Å². The smallest absolute Gasteiger partial charge is 0.275 e. The van der Waals surface area contributed by atoms with Gasteiger partial charge < -0.3 is 5.11 Å². The molecular weight excluding hydrogens is 264 g/mol. The molecule has 0 aromatic heterocycles. The monoisotopic (exact) mass is 284 g/mol. The largest absolute Gasteiger partial charge is 0.507 e. The standard InChI is InChI=1S/C17H20N2O2/c1-12(2)14-9-7-13(8-10-14)11-18-19-17(21)15-5-3-4-6-16(15)20/h3-7,11,14,20H,1,8-10H2,2H3,(H,19,21)/b18-11+/t14-/m1/s1.